The van der Waals surface area contributed by atoms with E-state index >= 15 is 0 Å². The summed E-state index contributed by atoms with van der Waals surface area (Å²) in [5, 5.41) is 12.5. The molecule has 4 nitrogen and oxygen atoms in total. The van der Waals surface area contributed by atoms with E-state index in [1.54, 1.807) is 18.2 Å². The molecule has 2 rings (SSSR count). The summed E-state index contributed by atoms with van der Waals surface area (Å²) in [6, 6.07) is 10.6. The van der Waals surface area contributed by atoms with E-state index in [-0.39, 0.29) is 17.2 Å². The van der Waals surface area contributed by atoms with Crippen LogP contribution < -0.4 is 5.32 Å². The number of hydrogen-bond acceptors (Lipinski definition) is 3. The maximum atomic E-state index is 11.9. The van der Waals surface area contributed by atoms with Gasteiger partial charge in [-0.3, -0.25) is 9.78 Å². The molecule has 19 heavy (non-hydrogen) atoms. The predicted octanol–water partition coefficient (Wildman–Crippen LogP) is 2.33. The number of phenolic OH excluding ortho intramolecular Hbond substituents is 1. The molecule has 0 atom stereocenters. The highest BCUT2D eigenvalue weighted by Crippen LogP contribution is 2.18. The van der Waals surface area contributed by atoms with Crippen LogP contribution in [-0.2, 0) is 6.54 Å². The van der Waals surface area contributed by atoms with Gasteiger partial charge in [0.2, 0.25) is 0 Å². The molecular weight excluding hydrogens is 240 g/mol. The molecule has 1 amide bonds. The highest BCUT2D eigenvalue weighted by Gasteiger charge is 2.10. The van der Waals surface area contributed by atoms with E-state index in [1.165, 1.54) is 0 Å². The van der Waals surface area contributed by atoms with E-state index in [1.807, 2.05) is 32.0 Å². The summed E-state index contributed by atoms with van der Waals surface area (Å²) in [6.45, 7) is 4.10. The minimum Gasteiger partial charge on any atom is -0.507 e. The summed E-state index contributed by atoms with van der Waals surface area (Å²) in [5.74, 6) is -0.310. The number of carbonyl (C=O) groups excluding carboxylic acids is 1. The monoisotopic (exact) mass is 256 g/mol. The molecule has 1 aromatic carbocycles. The van der Waals surface area contributed by atoms with Crippen LogP contribution >= 0.6 is 0 Å². The third kappa shape index (κ3) is 3.31. The number of benzene rings is 1. The molecule has 1 aromatic heterocycles. The van der Waals surface area contributed by atoms with E-state index in [0.717, 1.165) is 17.0 Å². The van der Waals surface area contributed by atoms with Crippen LogP contribution in [0.1, 0.15) is 27.3 Å². The Balaban J connectivity index is 2.05. The van der Waals surface area contributed by atoms with Crippen molar-refractivity contribution < 1.29 is 9.90 Å². The molecule has 0 bridgehead atoms. The first-order valence-electron chi connectivity index (χ1n) is 6.06. The molecule has 1 heterocycles. The van der Waals surface area contributed by atoms with Gasteiger partial charge in [0, 0.05) is 5.69 Å². The second-order valence-electron chi connectivity index (χ2n) is 4.47. The Bertz CT molecular complexity index is 609. The largest absolute Gasteiger partial charge is 0.507 e. The molecule has 0 aliphatic carbocycles. The third-order valence-corrected chi connectivity index (χ3v) is 2.77. The van der Waals surface area contributed by atoms with Crippen LogP contribution in [0.2, 0.25) is 0 Å². The highest BCUT2D eigenvalue weighted by atomic mass is 16.3. The molecule has 2 N–H and O–H groups in total. The predicted molar refractivity (Wildman–Crippen MR) is 73.0 cm³/mol. The van der Waals surface area contributed by atoms with Crippen molar-refractivity contribution in [3.8, 4) is 5.75 Å². The van der Waals surface area contributed by atoms with Gasteiger partial charge in [-0.15, -0.1) is 0 Å². The Kier molecular flexibility index (Phi) is 3.80. The van der Waals surface area contributed by atoms with Crippen LogP contribution in [0.15, 0.2) is 36.4 Å². The Morgan fingerprint density at radius 3 is 2.74 bits per heavy atom. The Morgan fingerprint density at radius 1 is 1.26 bits per heavy atom. The molecule has 0 fully saturated rings. The van der Waals surface area contributed by atoms with Gasteiger partial charge >= 0.3 is 0 Å². The van der Waals surface area contributed by atoms with Crippen molar-refractivity contribution >= 4 is 5.91 Å². The third-order valence-electron chi connectivity index (χ3n) is 2.77. The maximum absolute atomic E-state index is 11.9. The van der Waals surface area contributed by atoms with Crippen LogP contribution in [-0.4, -0.2) is 16.0 Å². The average Bonchev–Trinajstić information content (AvgIpc) is 2.36. The number of carbonyl (C=O) groups is 1. The standard InChI is InChI=1S/C15H16N2O2/c1-10-6-7-13(14(18)8-10)15(19)16-9-12-5-3-4-11(2)17-12/h3-8,18H,9H2,1-2H3,(H,16,19). The van der Waals surface area contributed by atoms with Gasteiger partial charge in [0.15, 0.2) is 0 Å². The first kappa shape index (κ1) is 13.1. The van der Waals surface area contributed by atoms with Crippen molar-refractivity contribution in [2.24, 2.45) is 0 Å². The zero-order chi connectivity index (χ0) is 13.8. The number of pyridine rings is 1. The fourth-order valence-corrected chi connectivity index (χ4v) is 1.80. The summed E-state index contributed by atoms with van der Waals surface area (Å²) in [4.78, 5) is 16.2. The van der Waals surface area contributed by atoms with Crippen LogP contribution in [0.5, 0.6) is 5.75 Å². The van der Waals surface area contributed by atoms with E-state index in [9.17, 15) is 9.90 Å². The van der Waals surface area contributed by atoms with E-state index in [4.69, 9.17) is 0 Å². The van der Waals surface area contributed by atoms with E-state index in [0.29, 0.717) is 6.54 Å². The molecule has 0 radical (unpaired) electrons. The second kappa shape index (κ2) is 5.52. The van der Waals surface area contributed by atoms with Gasteiger partial charge in [0.05, 0.1) is 17.8 Å². The molecule has 0 aliphatic rings. The van der Waals surface area contributed by atoms with Crippen molar-refractivity contribution in [3.63, 3.8) is 0 Å². The van der Waals surface area contributed by atoms with E-state index < -0.39 is 0 Å². The first-order chi connectivity index (χ1) is 9.06. The summed E-state index contributed by atoms with van der Waals surface area (Å²) < 4.78 is 0. The van der Waals surface area contributed by atoms with Crippen LogP contribution in [0.4, 0.5) is 0 Å². The fourth-order valence-electron chi connectivity index (χ4n) is 1.80. The second-order valence-corrected chi connectivity index (χ2v) is 4.47. The number of phenols is 1. The topological polar surface area (TPSA) is 62.2 Å². The van der Waals surface area contributed by atoms with Gasteiger partial charge in [-0.2, -0.15) is 0 Å². The van der Waals surface area contributed by atoms with Gasteiger partial charge < -0.3 is 10.4 Å². The molecule has 0 saturated carbocycles. The molecule has 0 aliphatic heterocycles. The summed E-state index contributed by atoms with van der Waals surface area (Å²) in [6.07, 6.45) is 0. The summed E-state index contributed by atoms with van der Waals surface area (Å²) in [5.41, 5.74) is 2.89. The molecular formula is C15H16N2O2. The number of hydrogen-bond donors (Lipinski definition) is 2. The summed E-state index contributed by atoms with van der Waals surface area (Å²) >= 11 is 0. The Labute approximate surface area is 112 Å². The normalized spacial score (nSPS) is 10.2. The smallest absolute Gasteiger partial charge is 0.255 e. The van der Waals surface area contributed by atoms with Gasteiger partial charge in [-0.1, -0.05) is 12.1 Å². The zero-order valence-corrected chi connectivity index (χ0v) is 11.0. The highest BCUT2D eigenvalue weighted by molar-refractivity contribution is 5.96. The lowest BCUT2D eigenvalue weighted by molar-refractivity contribution is 0.0947. The number of aryl methyl sites for hydroxylation is 2. The fraction of sp³-hybridized carbons (Fsp3) is 0.200. The van der Waals surface area contributed by atoms with Crippen molar-refractivity contribution in [2.75, 3.05) is 0 Å². The van der Waals surface area contributed by atoms with E-state index in [2.05, 4.69) is 10.3 Å². The lowest BCUT2D eigenvalue weighted by Crippen LogP contribution is -2.23. The lowest BCUT2D eigenvalue weighted by atomic mass is 10.1. The number of aromatic hydroxyl groups is 1. The zero-order valence-electron chi connectivity index (χ0n) is 11.0. The molecule has 2 aromatic rings. The Morgan fingerprint density at radius 2 is 2.05 bits per heavy atom. The number of aromatic nitrogens is 1. The maximum Gasteiger partial charge on any atom is 0.255 e. The Hall–Kier alpha value is -2.36. The van der Waals surface area contributed by atoms with Gasteiger partial charge in [0.25, 0.3) is 5.91 Å². The van der Waals surface area contributed by atoms with Gasteiger partial charge in [0.1, 0.15) is 5.75 Å². The minimum atomic E-state index is -0.305. The SMILES string of the molecule is Cc1ccc(C(=O)NCc2cccc(C)n2)c(O)c1. The lowest BCUT2D eigenvalue weighted by Gasteiger charge is -2.07. The molecule has 0 saturated heterocycles. The average molecular weight is 256 g/mol. The van der Waals surface area contributed by atoms with Crippen LogP contribution in [0.25, 0.3) is 0 Å². The van der Waals surface area contributed by atoms with Crippen molar-refractivity contribution in [2.45, 2.75) is 20.4 Å². The number of nitrogens with one attached hydrogen (secondary N) is 1. The number of nitrogens with zero attached hydrogens (tertiary/aromatic N) is 1. The van der Waals surface area contributed by atoms with Crippen LogP contribution in [0, 0.1) is 13.8 Å². The minimum absolute atomic E-state index is 0.00491. The van der Waals surface area contributed by atoms with Gasteiger partial charge in [-0.25, -0.2) is 0 Å². The van der Waals surface area contributed by atoms with Crippen molar-refractivity contribution in [1.29, 1.82) is 0 Å². The summed E-state index contributed by atoms with van der Waals surface area (Å²) in [7, 11) is 0. The van der Waals surface area contributed by atoms with Crippen molar-refractivity contribution in [1.82, 2.24) is 10.3 Å². The molecule has 4 heteroatoms. The molecule has 0 unspecified atom stereocenters. The van der Waals surface area contributed by atoms with Crippen LogP contribution in [0.3, 0.4) is 0 Å². The number of amides is 1. The molecule has 0 spiro atoms. The molecule has 98 valence electrons. The first-order valence-corrected chi connectivity index (χ1v) is 6.06. The van der Waals surface area contributed by atoms with Gasteiger partial charge in [-0.05, 0) is 43.7 Å². The van der Waals surface area contributed by atoms with Crippen molar-refractivity contribution in [3.05, 3.63) is 58.9 Å². The number of rotatable bonds is 3. The quantitative estimate of drug-likeness (QED) is 0.886.